The number of rotatable bonds is 2. The first-order valence-corrected chi connectivity index (χ1v) is 7.50. The fraction of sp³-hybridized carbons (Fsp3) is 0.0500. The quantitative estimate of drug-likeness (QED) is 0.615. The number of fused-ring (bicyclic) bond motifs is 1. The van der Waals surface area contributed by atoms with Crippen LogP contribution in [0.4, 0.5) is 5.69 Å². The van der Waals surface area contributed by atoms with E-state index in [4.69, 9.17) is 15.3 Å². The number of carbonyl (C=O) groups excluding carboxylic acids is 1. The van der Waals surface area contributed by atoms with E-state index in [0.717, 1.165) is 16.8 Å². The number of nitrogens with zero attached hydrogens (tertiary/aromatic N) is 3. The third kappa shape index (κ3) is 3.26. The van der Waals surface area contributed by atoms with E-state index in [1.165, 1.54) is 12.2 Å². The van der Waals surface area contributed by atoms with Crippen LogP contribution in [0, 0.1) is 22.7 Å². The molecule has 0 unspecified atom stereocenters. The molecule has 5 nitrogen and oxygen atoms in total. The maximum absolute atomic E-state index is 11.8. The first-order chi connectivity index (χ1) is 12.1. The molecule has 0 aliphatic carbocycles. The molecule has 1 aromatic rings. The van der Waals surface area contributed by atoms with E-state index in [9.17, 15) is 4.79 Å². The second-order valence-corrected chi connectivity index (χ2v) is 5.41. The van der Waals surface area contributed by atoms with Crippen LogP contribution in [0.3, 0.4) is 0 Å². The average molecular weight is 327 g/mol. The van der Waals surface area contributed by atoms with E-state index in [0.29, 0.717) is 5.76 Å². The number of para-hydroxylation sites is 1. The molecule has 0 aromatic heterocycles. The number of hydrogen-bond donors (Lipinski definition) is 0. The van der Waals surface area contributed by atoms with Crippen LogP contribution in [0.15, 0.2) is 77.8 Å². The van der Waals surface area contributed by atoms with Crippen LogP contribution in [0.1, 0.15) is 5.56 Å². The molecule has 0 radical (unpaired) electrons. The van der Waals surface area contributed by atoms with Gasteiger partial charge in [-0.2, -0.15) is 10.5 Å². The van der Waals surface area contributed by atoms with Gasteiger partial charge in [0.25, 0.3) is 0 Å². The lowest BCUT2D eigenvalue weighted by molar-refractivity contribution is -0.132. The molecule has 0 bridgehead atoms. The Morgan fingerprint density at radius 3 is 2.72 bits per heavy atom. The number of allylic oxidation sites excluding steroid dienone is 6. The van der Waals surface area contributed by atoms with E-state index in [2.05, 4.69) is 0 Å². The predicted molar refractivity (Wildman–Crippen MR) is 93.5 cm³/mol. The van der Waals surface area contributed by atoms with Gasteiger partial charge in [0, 0.05) is 24.5 Å². The summed E-state index contributed by atoms with van der Waals surface area (Å²) < 4.78 is 5.15. The van der Waals surface area contributed by atoms with Crippen LogP contribution in [-0.2, 0) is 9.53 Å². The molecule has 0 N–H and O–H groups in total. The number of hydrogen-bond acceptors (Lipinski definition) is 5. The minimum atomic E-state index is -0.577. The van der Waals surface area contributed by atoms with Crippen molar-refractivity contribution in [2.45, 2.75) is 0 Å². The van der Waals surface area contributed by atoms with Gasteiger partial charge in [0.05, 0.1) is 5.57 Å². The molecule has 1 aromatic carbocycles. The van der Waals surface area contributed by atoms with Gasteiger partial charge in [-0.3, -0.25) is 0 Å². The van der Waals surface area contributed by atoms with Crippen molar-refractivity contribution in [1.82, 2.24) is 0 Å². The molecule has 2 heterocycles. The Hall–Kier alpha value is -3.83. The van der Waals surface area contributed by atoms with Crippen LogP contribution >= 0.6 is 0 Å². The van der Waals surface area contributed by atoms with E-state index < -0.39 is 5.97 Å². The topological polar surface area (TPSA) is 77.1 Å². The average Bonchev–Trinajstić information content (AvgIpc) is 2.99. The summed E-state index contributed by atoms with van der Waals surface area (Å²) in [5.41, 5.74) is 3.19. The number of anilines is 1. The van der Waals surface area contributed by atoms with Crippen molar-refractivity contribution in [1.29, 1.82) is 10.5 Å². The van der Waals surface area contributed by atoms with Gasteiger partial charge in [-0.25, -0.2) is 4.79 Å². The van der Waals surface area contributed by atoms with Gasteiger partial charge < -0.3 is 9.64 Å². The van der Waals surface area contributed by atoms with Gasteiger partial charge >= 0.3 is 5.97 Å². The molecule has 0 saturated heterocycles. The Morgan fingerprint density at radius 1 is 1.20 bits per heavy atom. The predicted octanol–water partition coefficient (Wildman–Crippen LogP) is 3.37. The number of benzene rings is 1. The molecule has 2 aliphatic rings. The monoisotopic (exact) mass is 327 g/mol. The molecule has 0 atom stereocenters. The molecule has 25 heavy (non-hydrogen) atoms. The van der Waals surface area contributed by atoms with Crippen molar-refractivity contribution in [2.24, 2.45) is 0 Å². The first-order valence-electron chi connectivity index (χ1n) is 7.50. The minimum absolute atomic E-state index is 0.144. The normalized spacial score (nSPS) is 18.3. The highest BCUT2D eigenvalue weighted by Gasteiger charge is 2.20. The first kappa shape index (κ1) is 16.0. The summed E-state index contributed by atoms with van der Waals surface area (Å²) in [4.78, 5) is 13.8. The number of carbonyl (C=O) groups is 1. The van der Waals surface area contributed by atoms with Gasteiger partial charge in [-0.15, -0.1) is 0 Å². The number of esters is 1. The molecule has 5 heteroatoms. The highest BCUT2D eigenvalue weighted by atomic mass is 16.5. The molecule has 0 fully saturated rings. The van der Waals surface area contributed by atoms with Crippen molar-refractivity contribution in [3.05, 3.63) is 83.3 Å². The van der Waals surface area contributed by atoms with E-state index in [1.54, 1.807) is 18.2 Å². The molecule has 120 valence electrons. The lowest BCUT2D eigenvalue weighted by atomic mass is 10.00. The third-order valence-corrected chi connectivity index (χ3v) is 3.78. The van der Waals surface area contributed by atoms with Crippen LogP contribution in [0.2, 0.25) is 0 Å². The Morgan fingerprint density at radius 2 is 1.96 bits per heavy atom. The Labute approximate surface area is 145 Å². The van der Waals surface area contributed by atoms with Crippen LogP contribution in [-0.4, -0.2) is 13.0 Å². The molecular weight excluding hydrogens is 314 g/mol. The second kappa shape index (κ2) is 6.74. The molecule has 3 rings (SSSR count). The summed E-state index contributed by atoms with van der Waals surface area (Å²) in [6.07, 6.45) is 10.2. The lowest BCUT2D eigenvalue weighted by Gasteiger charge is -2.23. The van der Waals surface area contributed by atoms with E-state index >= 15 is 0 Å². The van der Waals surface area contributed by atoms with E-state index in [-0.39, 0.29) is 11.1 Å². The largest absolute Gasteiger partial charge is 0.423 e. The zero-order valence-corrected chi connectivity index (χ0v) is 13.4. The summed E-state index contributed by atoms with van der Waals surface area (Å²) in [6.45, 7) is 0. The van der Waals surface area contributed by atoms with Gasteiger partial charge in [0.2, 0.25) is 0 Å². The van der Waals surface area contributed by atoms with Crippen LogP contribution in [0.25, 0.3) is 5.57 Å². The summed E-state index contributed by atoms with van der Waals surface area (Å²) in [5.74, 6) is -0.212. The Bertz CT molecular complexity index is 963. The zero-order chi connectivity index (χ0) is 17.8. The second-order valence-electron chi connectivity index (χ2n) is 5.41. The number of cyclic esters (lactones) is 1. The fourth-order valence-electron chi connectivity index (χ4n) is 2.54. The van der Waals surface area contributed by atoms with Gasteiger partial charge in [0.1, 0.15) is 23.5 Å². The zero-order valence-electron chi connectivity index (χ0n) is 13.4. The van der Waals surface area contributed by atoms with Crippen LogP contribution in [0.5, 0.6) is 0 Å². The molecule has 2 aliphatic heterocycles. The fourth-order valence-corrected chi connectivity index (χ4v) is 2.54. The summed E-state index contributed by atoms with van der Waals surface area (Å²) >= 11 is 0. The van der Waals surface area contributed by atoms with Gasteiger partial charge in [-0.05, 0) is 35.9 Å². The Kier molecular flexibility index (Phi) is 4.32. The highest BCUT2D eigenvalue weighted by Crippen LogP contribution is 2.32. The van der Waals surface area contributed by atoms with Crippen molar-refractivity contribution in [2.75, 3.05) is 11.9 Å². The number of nitriles is 2. The van der Waals surface area contributed by atoms with Gasteiger partial charge in [-0.1, -0.05) is 24.3 Å². The van der Waals surface area contributed by atoms with Crippen molar-refractivity contribution in [3.63, 3.8) is 0 Å². The third-order valence-electron chi connectivity index (χ3n) is 3.78. The molecule has 0 amide bonds. The summed E-state index contributed by atoms with van der Waals surface area (Å²) in [6, 6.07) is 11.4. The number of ether oxygens (including phenoxy) is 1. The van der Waals surface area contributed by atoms with Crippen molar-refractivity contribution >= 4 is 17.2 Å². The molecule has 0 saturated carbocycles. The highest BCUT2D eigenvalue weighted by molar-refractivity contribution is 5.96. The maximum Gasteiger partial charge on any atom is 0.343 e. The smallest absolute Gasteiger partial charge is 0.343 e. The maximum atomic E-state index is 11.8. The standard InChI is InChI=1S/C20H13N3O2/c1-23-9-8-15(18-4-2-3-5-19(18)23)6-7-17-11-16(20(24)25-17)10-14(12-21)13-22/h2-11H,1H3/b15-6+,17-7-. The van der Waals surface area contributed by atoms with Crippen molar-refractivity contribution in [3.8, 4) is 12.1 Å². The van der Waals surface area contributed by atoms with Gasteiger partial charge in [0.15, 0.2) is 0 Å². The lowest BCUT2D eigenvalue weighted by Crippen LogP contribution is -2.13. The summed E-state index contributed by atoms with van der Waals surface area (Å²) in [7, 11) is 1.98. The van der Waals surface area contributed by atoms with E-state index in [1.807, 2.05) is 54.6 Å². The summed E-state index contributed by atoms with van der Waals surface area (Å²) in [5, 5.41) is 17.5. The molecular formula is C20H13N3O2. The minimum Gasteiger partial charge on any atom is -0.423 e. The Balaban J connectivity index is 1.92. The SMILES string of the molecule is CN1C=C/C(=C\C=C2\C=C(C=C(C#N)C#N)C(=O)O2)c2ccccc21. The van der Waals surface area contributed by atoms with Crippen molar-refractivity contribution < 1.29 is 9.53 Å². The van der Waals surface area contributed by atoms with Crippen LogP contribution < -0.4 is 4.90 Å². The molecule has 0 spiro atoms.